The molecule has 0 bridgehead atoms. The Morgan fingerprint density at radius 1 is 1.44 bits per heavy atom. The van der Waals surface area contributed by atoms with Crippen molar-refractivity contribution in [2.24, 2.45) is 5.73 Å². The average Bonchev–Trinajstić information content (AvgIpc) is 2.51. The van der Waals surface area contributed by atoms with Gasteiger partial charge in [-0.2, -0.15) is 0 Å². The molecule has 3 nitrogen and oxygen atoms in total. The SMILES string of the molecule is NCCC(=O)N1CCCSc2ccccc21. The first kappa shape index (κ1) is 11.5. The second-order valence-corrected chi connectivity index (χ2v) is 4.89. The van der Waals surface area contributed by atoms with Crippen molar-refractivity contribution < 1.29 is 4.79 Å². The third-order valence-corrected chi connectivity index (χ3v) is 3.75. The van der Waals surface area contributed by atoms with Gasteiger partial charge in [-0.3, -0.25) is 4.79 Å². The molecule has 1 aromatic carbocycles. The fourth-order valence-corrected chi connectivity index (χ4v) is 2.84. The lowest BCUT2D eigenvalue weighted by atomic mass is 10.2. The van der Waals surface area contributed by atoms with Crippen LogP contribution in [0.4, 0.5) is 5.69 Å². The zero-order valence-corrected chi connectivity index (χ0v) is 10.0. The maximum atomic E-state index is 12.0. The van der Waals surface area contributed by atoms with Gasteiger partial charge in [-0.25, -0.2) is 0 Å². The maximum absolute atomic E-state index is 12.0. The molecule has 0 saturated heterocycles. The van der Waals surface area contributed by atoms with Crippen LogP contribution in [0.3, 0.4) is 0 Å². The first-order valence-corrected chi connectivity index (χ1v) is 6.54. The Bertz CT molecular complexity index is 381. The Morgan fingerprint density at radius 2 is 2.25 bits per heavy atom. The second-order valence-electron chi connectivity index (χ2n) is 3.75. The van der Waals surface area contributed by atoms with E-state index < -0.39 is 0 Å². The highest BCUT2D eigenvalue weighted by Gasteiger charge is 2.20. The average molecular weight is 236 g/mol. The number of carbonyl (C=O) groups is 1. The summed E-state index contributed by atoms with van der Waals surface area (Å²) in [5.41, 5.74) is 6.49. The number of carbonyl (C=O) groups excluding carboxylic acids is 1. The summed E-state index contributed by atoms with van der Waals surface area (Å²) in [5.74, 6) is 1.21. The molecule has 0 atom stereocenters. The van der Waals surface area contributed by atoms with Crippen LogP contribution in [0, 0.1) is 0 Å². The van der Waals surface area contributed by atoms with Crippen LogP contribution in [0.5, 0.6) is 0 Å². The molecule has 1 heterocycles. The molecular weight excluding hydrogens is 220 g/mol. The predicted octanol–water partition coefficient (Wildman–Crippen LogP) is 1.86. The molecule has 0 spiro atoms. The number of hydrogen-bond donors (Lipinski definition) is 1. The topological polar surface area (TPSA) is 46.3 Å². The summed E-state index contributed by atoms with van der Waals surface area (Å²) in [7, 11) is 0. The predicted molar refractivity (Wildman–Crippen MR) is 67.8 cm³/mol. The zero-order valence-electron chi connectivity index (χ0n) is 9.19. The van der Waals surface area contributed by atoms with E-state index in [9.17, 15) is 4.79 Å². The van der Waals surface area contributed by atoms with Crippen LogP contribution in [0.15, 0.2) is 29.2 Å². The van der Waals surface area contributed by atoms with Crippen LogP contribution in [-0.2, 0) is 4.79 Å². The summed E-state index contributed by atoms with van der Waals surface area (Å²) >= 11 is 1.82. The molecule has 0 aromatic heterocycles. The highest BCUT2D eigenvalue weighted by Crippen LogP contribution is 2.33. The van der Waals surface area contributed by atoms with Crippen molar-refractivity contribution in [2.75, 3.05) is 23.7 Å². The number of hydrogen-bond acceptors (Lipinski definition) is 3. The number of nitrogens with zero attached hydrogens (tertiary/aromatic N) is 1. The largest absolute Gasteiger partial charge is 0.330 e. The Kier molecular flexibility index (Phi) is 3.85. The molecule has 2 N–H and O–H groups in total. The van der Waals surface area contributed by atoms with E-state index in [0.29, 0.717) is 13.0 Å². The van der Waals surface area contributed by atoms with Crippen LogP contribution < -0.4 is 10.6 Å². The number of thioether (sulfide) groups is 1. The molecule has 0 aliphatic carbocycles. The van der Waals surface area contributed by atoms with Crippen molar-refractivity contribution in [1.82, 2.24) is 0 Å². The van der Waals surface area contributed by atoms with Crippen molar-refractivity contribution in [2.45, 2.75) is 17.7 Å². The van der Waals surface area contributed by atoms with Crippen molar-refractivity contribution in [3.05, 3.63) is 24.3 Å². The van der Waals surface area contributed by atoms with Gasteiger partial charge >= 0.3 is 0 Å². The molecule has 86 valence electrons. The lowest BCUT2D eigenvalue weighted by Crippen LogP contribution is -2.33. The standard InChI is InChI=1S/C12H16N2OS/c13-7-6-12(15)14-8-3-9-16-11-5-2-1-4-10(11)14/h1-2,4-5H,3,6-9,13H2. The molecule has 0 unspecified atom stereocenters. The van der Waals surface area contributed by atoms with Gasteiger partial charge in [0, 0.05) is 24.4 Å². The third-order valence-electron chi connectivity index (χ3n) is 2.60. The van der Waals surface area contributed by atoms with E-state index in [1.807, 2.05) is 34.9 Å². The summed E-state index contributed by atoms with van der Waals surface area (Å²) in [6.07, 6.45) is 1.47. The monoisotopic (exact) mass is 236 g/mol. The highest BCUT2D eigenvalue weighted by atomic mass is 32.2. The molecule has 0 fully saturated rings. The second kappa shape index (κ2) is 5.37. The number of benzene rings is 1. The first-order chi connectivity index (χ1) is 7.83. The molecular formula is C12H16N2OS. The number of rotatable bonds is 2. The molecule has 1 aliphatic heterocycles. The van der Waals surface area contributed by atoms with E-state index in [-0.39, 0.29) is 5.91 Å². The minimum atomic E-state index is 0.137. The number of para-hydroxylation sites is 1. The number of anilines is 1. The van der Waals surface area contributed by atoms with Crippen molar-refractivity contribution >= 4 is 23.4 Å². The Balaban J connectivity index is 2.28. The van der Waals surface area contributed by atoms with E-state index >= 15 is 0 Å². The van der Waals surface area contributed by atoms with Gasteiger partial charge in [0.1, 0.15) is 0 Å². The van der Waals surface area contributed by atoms with Gasteiger partial charge in [-0.15, -0.1) is 11.8 Å². The molecule has 0 saturated carbocycles. The number of nitrogens with two attached hydrogens (primary N) is 1. The Morgan fingerprint density at radius 3 is 3.06 bits per heavy atom. The Hall–Kier alpha value is -1.00. The van der Waals surface area contributed by atoms with Gasteiger partial charge < -0.3 is 10.6 Å². The third kappa shape index (κ3) is 2.39. The van der Waals surface area contributed by atoms with Crippen LogP contribution in [-0.4, -0.2) is 24.7 Å². The maximum Gasteiger partial charge on any atom is 0.228 e. The minimum absolute atomic E-state index is 0.137. The first-order valence-electron chi connectivity index (χ1n) is 5.55. The summed E-state index contributed by atoms with van der Waals surface area (Å²) < 4.78 is 0. The molecule has 16 heavy (non-hydrogen) atoms. The van der Waals surface area contributed by atoms with E-state index in [4.69, 9.17) is 5.73 Å². The van der Waals surface area contributed by atoms with E-state index in [2.05, 4.69) is 6.07 Å². The molecule has 0 radical (unpaired) electrons. The van der Waals surface area contributed by atoms with Gasteiger partial charge in [-0.05, 0) is 24.3 Å². The molecule has 1 aliphatic rings. The van der Waals surface area contributed by atoms with Crippen LogP contribution >= 0.6 is 11.8 Å². The normalized spacial score (nSPS) is 15.4. The van der Waals surface area contributed by atoms with E-state index in [1.54, 1.807) is 0 Å². The van der Waals surface area contributed by atoms with Gasteiger partial charge in [0.2, 0.25) is 5.91 Å². The fraction of sp³-hybridized carbons (Fsp3) is 0.417. The number of fused-ring (bicyclic) bond motifs is 1. The quantitative estimate of drug-likeness (QED) is 0.852. The van der Waals surface area contributed by atoms with Crippen LogP contribution in [0.1, 0.15) is 12.8 Å². The zero-order chi connectivity index (χ0) is 11.4. The fourth-order valence-electron chi connectivity index (χ4n) is 1.84. The van der Waals surface area contributed by atoms with Gasteiger partial charge in [0.15, 0.2) is 0 Å². The smallest absolute Gasteiger partial charge is 0.228 e. The molecule has 1 aromatic rings. The van der Waals surface area contributed by atoms with Crippen molar-refractivity contribution in [3.63, 3.8) is 0 Å². The lowest BCUT2D eigenvalue weighted by molar-refractivity contribution is -0.118. The van der Waals surface area contributed by atoms with E-state index in [1.165, 1.54) is 4.90 Å². The van der Waals surface area contributed by atoms with Gasteiger partial charge in [0.25, 0.3) is 0 Å². The summed E-state index contributed by atoms with van der Waals surface area (Å²) in [6.45, 7) is 1.23. The van der Waals surface area contributed by atoms with Gasteiger partial charge in [0.05, 0.1) is 5.69 Å². The summed E-state index contributed by atoms with van der Waals surface area (Å²) in [4.78, 5) is 15.0. The molecule has 2 rings (SSSR count). The van der Waals surface area contributed by atoms with Crippen LogP contribution in [0.25, 0.3) is 0 Å². The Labute approximate surface area is 100.0 Å². The summed E-state index contributed by atoms with van der Waals surface area (Å²) in [6, 6.07) is 8.09. The van der Waals surface area contributed by atoms with Crippen molar-refractivity contribution in [3.8, 4) is 0 Å². The lowest BCUT2D eigenvalue weighted by Gasteiger charge is -2.22. The van der Waals surface area contributed by atoms with Gasteiger partial charge in [-0.1, -0.05) is 12.1 Å². The molecule has 1 amide bonds. The van der Waals surface area contributed by atoms with Crippen molar-refractivity contribution in [1.29, 1.82) is 0 Å². The number of amides is 1. The minimum Gasteiger partial charge on any atom is -0.330 e. The van der Waals surface area contributed by atoms with Crippen LogP contribution in [0.2, 0.25) is 0 Å². The summed E-state index contributed by atoms with van der Waals surface area (Å²) in [5, 5.41) is 0. The van der Waals surface area contributed by atoms with E-state index in [0.717, 1.165) is 24.4 Å². The molecule has 4 heteroatoms. The highest BCUT2D eigenvalue weighted by molar-refractivity contribution is 7.99.